The number of hydrogen-bond acceptors (Lipinski definition) is 4. The molecule has 1 atom stereocenters. The highest BCUT2D eigenvalue weighted by molar-refractivity contribution is 6.36. The number of rotatable bonds is 3. The number of nitrogens with one attached hydrogen (secondary N) is 1. The van der Waals surface area contributed by atoms with E-state index >= 15 is 0 Å². The van der Waals surface area contributed by atoms with Crippen LogP contribution in [0.3, 0.4) is 0 Å². The minimum atomic E-state index is -0.839. The molecular formula is C20H15Cl2N3O2. The summed E-state index contributed by atoms with van der Waals surface area (Å²) in [6.45, 7) is 1.61. The molecule has 0 unspecified atom stereocenters. The molecule has 0 saturated heterocycles. The zero-order valence-corrected chi connectivity index (χ0v) is 15.8. The third-order valence-corrected chi connectivity index (χ3v) is 4.83. The first-order chi connectivity index (χ1) is 12.9. The molecule has 136 valence electrons. The molecule has 3 N–H and O–H groups in total. The van der Waals surface area contributed by atoms with Gasteiger partial charge in [-0.05, 0) is 31.2 Å². The van der Waals surface area contributed by atoms with E-state index in [2.05, 4.69) is 5.32 Å². The van der Waals surface area contributed by atoms with E-state index in [0.717, 1.165) is 0 Å². The molecule has 3 rings (SSSR count). The molecular weight excluding hydrogens is 385 g/mol. The van der Waals surface area contributed by atoms with Gasteiger partial charge in [-0.15, -0.1) is 0 Å². The molecule has 0 fully saturated rings. The van der Waals surface area contributed by atoms with Gasteiger partial charge in [0.1, 0.15) is 17.4 Å². The van der Waals surface area contributed by atoms with Gasteiger partial charge in [0.25, 0.3) is 5.91 Å². The Balaban J connectivity index is 2.14. The predicted molar refractivity (Wildman–Crippen MR) is 105 cm³/mol. The third kappa shape index (κ3) is 3.63. The minimum absolute atomic E-state index is 0.0766. The first kappa shape index (κ1) is 18.8. The Hall–Kier alpha value is -2.94. The Morgan fingerprint density at radius 1 is 1.15 bits per heavy atom. The molecule has 5 nitrogen and oxygen atoms in total. The van der Waals surface area contributed by atoms with Gasteiger partial charge in [-0.2, -0.15) is 5.26 Å². The summed E-state index contributed by atoms with van der Waals surface area (Å²) in [5, 5.41) is 13.1. The molecule has 7 heteroatoms. The van der Waals surface area contributed by atoms with Crippen LogP contribution in [-0.4, -0.2) is 5.91 Å². The van der Waals surface area contributed by atoms with E-state index in [9.17, 15) is 10.1 Å². The van der Waals surface area contributed by atoms with Crippen LogP contribution in [-0.2, 0) is 9.53 Å². The summed E-state index contributed by atoms with van der Waals surface area (Å²) in [4.78, 5) is 13.0. The minimum Gasteiger partial charge on any atom is -0.445 e. The predicted octanol–water partition coefficient (Wildman–Crippen LogP) is 4.71. The molecule has 2 aromatic carbocycles. The second-order valence-corrected chi connectivity index (χ2v) is 6.66. The van der Waals surface area contributed by atoms with Crippen molar-refractivity contribution in [2.45, 2.75) is 12.8 Å². The second-order valence-electron chi connectivity index (χ2n) is 5.85. The number of hydrogen-bond donors (Lipinski definition) is 2. The van der Waals surface area contributed by atoms with Crippen LogP contribution in [0, 0.1) is 11.3 Å². The number of allylic oxidation sites excluding steroid dienone is 2. The van der Waals surface area contributed by atoms with Crippen LogP contribution in [0.1, 0.15) is 18.4 Å². The highest BCUT2D eigenvalue weighted by Gasteiger charge is 2.37. The first-order valence-electron chi connectivity index (χ1n) is 8.02. The van der Waals surface area contributed by atoms with E-state index < -0.39 is 11.8 Å². The molecule has 1 aliphatic rings. The average Bonchev–Trinajstić information content (AvgIpc) is 2.62. The number of nitrogens with two attached hydrogens (primary N) is 1. The van der Waals surface area contributed by atoms with Crippen LogP contribution in [0.4, 0.5) is 5.69 Å². The number of amides is 1. The van der Waals surface area contributed by atoms with Crippen molar-refractivity contribution in [3.05, 3.63) is 86.9 Å². The number of nitriles is 1. The van der Waals surface area contributed by atoms with E-state index in [0.29, 0.717) is 21.3 Å². The maximum atomic E-state index is 13.0. The van der Waals surface area contributed by atoms with Crippen LogP contribution in [0.15, 0.2) is 71.3 Å². The molecule has 1 heterocycles. The van der Waals surface area contributed by atoms with Gasteiger partial charge in [-0.1, -0.05) is 47.5 Å². The molecule has 0 radical (unpaired) electrons. The number of nitrogens with zero attached hydrogens (tertiary/aromatic N) is 1. The summed E-state index contributed by atoms with van der Waals surface area (Å²) in [6.07, 6.45) is 0. The van der Waals surface area contributed by atoms with Crippen molar-refractivity contribution in [1.29, 1.82) is 5.26 Å². The zero-order valence-electron chi connectivity index (χ0n) is 14.3. The van der Waals surface area contributed by atoms with Gasteiger partial charge in [-0.3, -0.25) is 4.79 Å². The van der Waals surface area contributed by atoms with Crippen molar-refractivity contribution in [1.82, 2.24) is 0 Å². The van der Waals surface area contributed by atoms with Crippen molar-refractivity contribution >= 4 is 34.8 Å². The number of anilines is 1. The Bertz CT molecular complexity index is 987. The number of carbonyl (C=O) groups excluding carboxylic acids is 1. The van der Waals surface area contributed by atoms with E-state index in [1.165, 1.54) is 0 Å². The van der Waals surface area contributed by atoms with Crippen LogP contribution in [0.2, 0.25) is 10.0 Å². The van der Waals surface area contributed by atoms with Crippen LogP contribution >= 0.6 is 23.2 Å². The van der Waals surface area contributed by atoms with Crippen molar-refractivity contribution in [3.8, 4) is 6.07 Å². The number of para-hydroxylation sites is 1. The topological polar surface area (TPSA) is 88.1 Å². The van der Waals surface area contributed by atoms with Gasteiger partial charge in [0, 0.05) is 21.3 Å². The van der Waals surface area contributed by atoms with Gasteiger partial charge in [0.05, 0.1) is 11.5 Å². The van der Waals surface area contributed by atoms with Crippen LogP contribution < -0.4 is 11.1 Å². The molecule has 0 spiro atoms. The van der Waals surface area contributed by atoms with Gasteiger partial charge in [-0.25, -0.2) is 0 Å². The Morgan fingerprint density at radius 3 is 2.37 bits per heavy atom. The van der Waals surface area contributed by atoms with E-state index in [1.54, 1.807) is 49.4 Å². The normalized spacial score (nSPS) is 16.6. The lowest BCUT2D eigenvalue weighted by molar-refractivity contribution is -0.113. The van der Waals surface area contributed by atoms with Gasteiger partial charge in [0.2, 0.25) is 5.88 Å². The largest absolute Gasteiger partial charge is 0.445 e. The summed E-state index contributed by atoms with van der Waals surface area (Å²) >= 11 is 12.7. The van der Waals surface area contributed by atoms with E-state index in [1.807, 2.05) is 12.1 Å². The van der Waals surface area contributed by atoms with Crippen molar-refractivity contribution in [3.63, 3.8) is 0 Å². The monoisotopic (exact) mass is 399 g/mol. The highest BCUT2D eigenvalue weighted by atomic mass is 35.5. The molecule has 1 amide bonds. The Labute approximate surface area is 166 Å². The molecule has 2 aromatic rings. The smallest absolute Gasteiger partial charge is 0.255 e. The SMILES string of the molecule is CC1=C(C(=O)Nc2ccccc2)[C@H](c2c(Cl)cccc2Cl)C(C#N)=C(N)O1. The van der Waals surface area contributed by atoms with Gasteiger partial charge >= 0.3 is 0 Å². The molecule has 0 aliphatic carbocycles. The maximum absolute atomic E-state index is 13.0. The number of ether oxygens (including phenoxy) is 1. The lowest BCUT2D eigenvalue weighted by Crippen LogP contribution is -2.28. The number of halogens is 2. The van der Waals surface area contributed by atoms with E-state index in [-0.39, 0.29) is 22.8 Å². The summed E-state index contributed by atoms with van der Waals surface area (Å²) in [7, 11) is 0. The fourth-order valence-corrected chi connectivity index (χ4v) is 3.59. The lowest BCUT2D eigenvalue weighted by Gasteiger charge is -2.28. The van der Waals surface area contributed by atoms with Crippen LogP contribution in [0.25, 0.3) is 0 Å². The molecule has 27 heavy (non-hydrogen) atoms. The van der Waals surface area contributed by atoms with Crippen molar-refractivity contribution in [2.75, 3.05) is 5.32 Å². The summed E-state index contributed by atoms with van der Waals surface area (Å²) in [5.74, 6) is -1.07. The molecule has 0 aromatic heterocycles. The van der Waals surface area contributed by atoms with Gasteiger partial charge < -0.3 is 15.8 Å². The highest BCUT2D eigenvalue weighted by Crippen LogP contribution is 2.44. The molecule has 1 aliphatic heterocycles. The summed E-state index contributed by atoms with van der Waals surface area (Å²) in [6, 6.07) is 16.0. The fraction of sp³-hybridized carbons (Fsp3) is 0.100. The second kappa shape index (κ2) is 7.75. The average molecular weight is 400 g/mol. The van der Waals surface area contributed by atoms with Crippen molar-refractivity contribution < 1.29 is 9.53 Å². The lowest BCUT2D eigenvalue weighted by atomic mass is 9.82. The van der Waals surface area contributed by atoms with Gasteiger partial charge in [0.15, 0.2) is 0 Å². The summed E-state index contributed by atoms with van der Waals surface area (Å²) in [5.41, 5.74) is 7.24. The van der Waals surface area contributed by atoms with E-state index in [4.69, 9.17) is 33.7 Å². The Kier molecular flexibility index (Phi) is 5.41. The third-order valence-electron chi connectivity index (χ3n) is 4.17. The summed E-state index contributed by atoms with van der Waals surface area (Å²) < 4.78 is 5.46. The first-order valence-corrected chi connectivity index (χ1v) is 8.78. The van der Waals surface area contributed by atoms with Crippen molar-refractivity contribution in [2.24, 2.45) is 5.73 Å². The molecule has 0 saturated carbocycles. The fourth-order valence-electron chi connectivity index (χ4n) is 2.97. The van der Waals surface area contributed by atoms with Crippen LogP contribution in [0.5, 0.6) is 0 Å². The quantitative estimate of drug-likeness (QED) is 0.781. The standard InChI is InChI=1S/C20H15Cl2N3O2/c1-11-16(20(26)25-12-6-3-2-4-7-12)17(13(10-23)19(24)27-11)18-14(21)8-5-9-15(18)22/h2-9,17H,24H2,1H3,(H,25,26)/t17-/m1/s1. The Morgan fingerprint density at radius 2 is 1.78 bits per heavy atom. The maximum Gasteiger partial charge on any atom is 0.255 e. The molecule has 0 bridgehead atoms. The number of benzene rings is 2. The number of carbonyl (C=O) groups is 1. The zero-order chi connectivity index (χ0) is 19.6.